The predicted molar refractivity (Wildman–Crippen MR) is 76.1 cm³/mol. The highest BCUT2D eigenvalue weighted by atomic mass is 35.5. The maximum atomic E-state index is 14.1. The van der Waals surface area contributed by atoms with Gasteiger partial charge in [0.15, 0.2) is 0 Å². The fourth-order valence-corrected chi connectivity index (χ4v) is 2.96. The van der Waals surface area contributed by atoms with Crippen LogP contribution in [0, 0.1) is 11.6 Å². The topological polar surface area (TPSA) is 12.0 Å². The van der Waals surface area contributed by atoms with E-state index in [4.69, 9.17) is 11.6 Å². The average Bonchev–Trinajstić information content (AvgIpc) is 2.39. The molecule has 1 fully saturated rings. The minimum atomic E-state index is -0.344. The van der Waals surface area contributed by atoms with Crippen molar-refractivity contribution in [2.45, 2.75) is 11.8 Å². The van der Waals surface area contributed by atoms with E-state index in [-0.39, 0.29) is 17.0 Å². The Morgan fingerprint density at radius 1 is 1.10 bits per heavy atom. The molecule has 20 heavy (non-hydrogen) atoms. The molecule has 0 radical (unpaired) electrons. The van der Waals surface area contributed by atoms with Crippen molar-refractivity contribution in [1.29, 1.82) is 0 Å². The van der Waals surface area contributed by atoms with Crippen LogP contribution in [-0.4, -0.2) is 13.1 Å². The van der Waals surface area contributed by atoms with Gasteiger partial charge in [0.2, 0.25) is 0 Å². The molecule has 0 bridgehead atoms. The number of nitrogens with one attached hydrogen (secondary N) is 1. The molecular formula is C16H14ClF2N. The molecule has 0 saturated carbocycles. The Morgan fingerprint density at radius 2 is 1.85 bits per heavy atom. The van der Waals surface area contributed by atoms with Crippen LogP contribution in [0.2, 0.25) is 5.02 Å². The van der Waals surface area contributed by atoms with Gasteiger partial charge in [-0.15, -0.1) is 0 Å². The molecule has 1 nitrogen and oxygen atoms in total. The van der Waals surface area contributed by atoms with E-state index >= 15 is 0 Å². The zero-order valence-corrected chi connectivity index (χ0v) is 11.6. The third-order valence-electron chi connectivity index (χ3n) is 3.91. The van der Waals surface area contributed by atoms with Crippen molar-refractivity contribution in [2.24, 2.45) is 0 Å². The van der Waals surface area contributed by atoms with E-state index < -0.39 is 0 Å². The van der Waals surface area contributed by atoms with Gasteiger partial charge in [-0.1, -0.05) is 29.8 Å². The Balaban J connectivity index is 1.98. The van der Waals surface area contributed by atoms with Gasteiger partial charge >= 0.3 is 0 Å². The van der Waals surface area contributed by atoms with Crippen molar-refractivity contribution in [3.63, 3.8) is 0 Å². The van der Waals surface area contributed by atoms with Crippen molar-refractivity contribution in [1.82, 2.24) is 5.32 Å². The van der Waals surface area contributed by atoms with Gasteiger partial charge in [0.1, 0.15) is 11.6 Å². The molecule has 0 atom stereocenters. The molecule has 4 heteroatoms. The van der Waals surface area contributed by atoms with Gasteiger partial charge in [-0.3, -0.25) is 0 Å². The summed E-state index contributed by atoms with van der Waals surface area (Å²) in [7, 11) is 0. The van der Waals surface area contributed by atoms with Crippen LogP contribution in [0.1, 0.15) is 11.1 Å². The Bertz CT molecular complexity index is 638. The fraction of sp³-hybridized carbons (Fsp3) is 0.250. The Labute approximate surface area is 121 Å². The summed E-state index contributed by atoms with van der Waals surface area (Å²) in [4.78, 5) is 0. The number of hydrogen-bond acceptors (Lipinski definition) is 1. The van der Waals surface area contributed by atoms with E-state index in [2.05, 4.69) is 5.32 Å². The number of rotatable bonds is 3. The molecule has 2 aromatic carbocycles. The van der Waals surface area contributed by atoms with Crippen molar-refractivity contribution < 1.29 is 8.78 Å². The Hall–Kier alpha value is -1.45. The minimum Gasteiger partial charge on any atom is -0.315 e. The second-order valence-corrected chi connectivity index (χ2v) is 5.68. The zero-order chi connectivity index (χ0) is 14.2. The summed E-state index contributed by atoms with van der Waals surface area (Å²) in [6, 6.07) is 11.1. The number of benzene rings is 2. The van der Waals surface area contributed by atoms with Crippen molar-refractivity contribution in [3.8, 4) is 0 Å². The molecule has 0 amide bonds. The highest BCUT2D eigenvalue weighted by Crippen LogP contribution is 2.36. The van der Waals surface area contributed by atoms with Crippen LogP contribution in [0.15, 0.2) is 42.5 Å². The SMILES string of the molecule is Fc1ccc(Cl)c(CC2(c3ccccc3F)CNC2)c1. The van der Waals surface area contributed by atoms with Crippen LogP contribution in [-0.2, 0) is 11.8 Å². The van der Waals surface area contributed by atoms with E-state index in [0.717, 1.165) is 5.56 Å². The smallest absolute Gasteiger partial charge is 0.127 e. The van der Waals surface area contributed by atoms with Gasteiger partial charge in [-0.25, -0.2) is 8.78 Å². The maximum Gasteiger partial charge on any atom is 0.127 e. The Morgan fingerprint density at radius 3 is 2.50 bits per heavy atom. The van der Waals surface area contributed by atoms with Crippen molar-refractivity contribution in [3.05, 3.63) is 70.2 Å². The van der Waals surface area contributed by atoms with Gasteiger partial charge in [0, 0.05) is 23.5 Å². The van der Waals surface area contributed by atoms with Crippen LogP contribution in [0.5, 0.6) is 0 Å². The maximum absolute atomic E-state index is 14.1. The number of halogens is 3. The largest absolute Gasteiger partial charge is 0.315 e. The molecule has 3 rings (SSSR count). The first kappa shape index (κ1) is 13.5. The summed E-state index contributed by atoms with van der Waals surface area (Å²) < 4.78 is 27.4. The normalized spacial score (nSPS) is 16.8. The summed E-state index contributed by atoms with van der Waals surface area (Å²) in [6.07, 6.45) is 0.525. The molecule has 0 aliphatic carbocycles. The molecule has 1 aliphatic rings. The molecule has 1 saturated heterocycles. The van der Waals surface area contributed by atoms with E-state index in [1.54, 1.807) is 18.2 Å². The van der Waals surface area contributed by atoms with Crippen molar-refractivity contribution >= 4 is 11.6 Å². The molecular weight excluding hydrogens is 280 g/mol. The Kier molecular flexibility index (Phi) is 3.48. The van der Waals surface area contributed by atoms with Crippen molar-refractivity contribution in [2.75, 3.05) is 13.1 Å². The lowest BCUT2D eigenvalue weighted by Crippen LogP contribution is -2.58. The van der Waals surface area contributed by atoms with Crippen LogP contribution in [0.25, 0.3) is 0 Å². The lowest BCUT2D eigenvalue weighted by Gasteiger charge is -2.43. The van der Waals surface area contributed by atoms with Crippen LogP contribution < -0.4 is 5.32 Å². The molecule has 1 aliphatic heterocycles. The fourth-order valence-electron chi connectivity index (χ4n) is 2.77. The number of hydrogen-bond donors (Lipinski definition) is 1. The first-order valence-corrected chi connectivity index (χ1v) is 6.88. The first-order valence-electron chi connectivity index (χ1n) is 6.50. The molecule has 1 N–H and O–H groups in total. The lowest BCUT2D eigenvalue weighted by molar-refractivity contribution is 0.265. The molecule has 2 aromatic rings. The second kappa shape index (κ2) is 5.15. The lowest BCUT2D eigenvalue weighted by atomic mass is 9.71. The van der Waals surface area contributed by atoms with Crippen LogP contribution in [0.4, 0.5) is 8.78 Å². The second-order valence-electron chi connectivity index (χ2n) is 5.28. The summed E-state index contributed by atoms with van der Waals surface area (Å²) >= 11 is 6.13. The van der Waals surface area contributed by atoms with E-state index in [9.17, 15) is 8.78 Å². The quantitative estimate of drug-likeness (QED) is 0.910. The molecule has 0 aromatic heterocycles. The molecule has 0 unspecified atom stereocenters. The van der Waals surface area contributed by atoms with Gasteiger partial charge in [0.05, 0.1) is 0 Å². The highest BCUT2D eigenvalue weighted by Gasteiger charge is 2.40. The van der Waals surface area contributed by atoms with Crippen LogP contribution >= 0.6 is 11.6 Å². The minimum absolute atomic E-state index is 0.221. The average molecular weight is 294 g/mol. The van der Waals surface area contributed by atoms with E-state index in [1.165, 1.54) is 18.2 Å². The first-order chi connectivity index (χ1) is 9.61. The van der Waals surface area contributed by atoms with Crippen LogP contribution in [0.3, 0.4) is 0 Å². The highest BCUT2D eigenvalue weighted by molar-refractivity contribution is 6.31. The van der Waals surface area contributed by atoms with Gasteiger partial charge in [0.25, 0.3) is 0 Å². The summed E-state index contributed by atoms with van der Waals surface area (Å²) in [5.41, 5.74) is 1.04. The summed E-state index contributed by atoms with van der Waals surface area (Å²) in [5.74, 6) is -0.540. The van der Waals surface area contributed by atoms with E-state index in [1.807, 2.05) is 6.07 Å². The standard InChI is InChI=1S/C16H14ClF2N/c17-14-6-5-12(18)7-11(14)8-16(9-20-10-16)13-3-1-2-4-15(13)19/h1-7,20H,8-10H2. The monoisotopic (exact) mass is 293 g/mol. The third-order valence-corrected chi connectivity index (χ3v) is 4.28. The van der Waals surface area contributed by atoms with Gasteiger partial charge < -0.3 is 5.32 Å². The molecule has 0 spiro atoms. The van der Waals surface area contributed by atoms with E-state index in [0.29, 0.717) is 30.1 Å². The predicted octanol–water partition coefficient (Wildman–Crippen LogP) is 3.70. The summed E-state index contributed by atoms with van der Waals surface area (Å²) in [5, 5.41) is 3.70. The van der Waals surface area contributed by atoms with Gasteiger partial charge in [-0.2, -0.15) is 0 Å². The molecule has 1 heterocycles. The molecule has 104 valence electrons. The third kappa shape index (κ3) is 2.32. The zero-order valence-electron chi connectivity index (χ0n) is 10.8. The van der Waals surface area contributed by atoms with Gasteiger partial charge in [-0.05, 0) is 41.8 Å². The summed E-state index contributed by atoms with van der Waals surface area (Å²) in [6.45, 7) is 1.33.